The van der Waals surface area contributed by atoms with Crippen LogP contribution in [0.5, 0.6) is 0 Å². The zero-order valence-corrected chi connectivity index (χ0v) is 16.5. The van der Waals surface area contributed by atoms with Gasteiger partial charge in [-0.05, 0) is 24.1 Å². The number of alkyl halides is 1. The van der Waals surface area contributed by atoms with Crippen molar-refractivity contribution in [3.05, 3.63) is 28.2 Å². The van der Waals surface area contributed by atoms with Crippen molar-refractivity contribution in [2.45, 2.75) is 32.5 Å². The van der Waals surface area contributed by atoms with E-state index in [1.165, 1.54) is 18.2 Å². The third-order valence-electron chi connectivity index (χ3n) is 3.41. The first-order valence-corrected chi connectivity index (χ1v) is 8.85. The summed E-state index contributed by atoms with van der Waals surface area (Å²) in [5, 5.41) is 13.5. The molecule has 1 unspecified atom stereocenters. The van der Waals surface area contributed by atoms with Gasteiger partial charge in [-0.1, -0.05) is 37.0 Å². The summed E-state index contributed by atoms with van der Waals surface area (Å²) in [7, 11) is 0. The van der Waals surface area contributed by atoms with E-state index >= 15 is 0 Å². The Morgan fingerprint density at radius 1 is 1.21 bits per heavy atom. The number of carboxylic acid groups (broad SMARTS) is 1. The number of Topliss-reactive ketones (excluding diaryl/α,β-unsaturated/α-hetero) is 1. The maximum Gasteiger partial charge on any atom is 0.412 e. The summed E-state index contributed by atoms with van der Waals surface area (Å²) in [6.07, 6.45) is -5.50. The number of amides is 2. The van der Waals surface area contributed by atoms with Crippen LogP contribution in [0.3, 0.4) is 0 Å². The van der Waals surface area contributed by atoms with E-state index in [0.717, 1.165) is 0 Å². The highest BCUT2D eigenvalue weighted by Gasteiger charge is 2.28. The molecule has 1 aromatic rings. The first-order valence-electron chi connectivity index (χ1n) is 8.10. The molecule has 2 amide bonds. The maximum atomic E-state index is 13.4. The monoisotopic (exact) mass is 436 g/mol. The number of benzene rings is 1. The number of hydrogen-bond acceptors (Lipinski definition) is 5. The first kappa shape index (κ1) is 23.6. The average Bonchev–Trinajstić information content (AvgIpc) is 2.58. The average molecular weight is 437 g/mol. The number of hydrogen-bond donors (Lipinski definition) is 3. The quantitative estimate of drug-likeness (QED) is 0.546. The van der Waals surface area contributed by atoms with Crippen molar-refractivity contribution in [2.75, 3.05) is 11.9 Å². The molecule has 0 radical (unpaired) electrons. The molecular formula is C17H19Cl2FN2O6. The highest BCUT2D eigenvalue weighted by atomic mass is 35.5. The van der Waals surface area contributed by atoms with Crippen LogP contribution in [0, 0.1) is 5.92 Å². The zero-order chi connectivity index (χ0) is 21.4. The van der Waals surface area contributed by atoms with E-state index in [0.29, 0.717) is 5.02 Å². The fraction of sp³-hybridized carbons (Fsp3) is 0.412. The van der Waals surface area contributed by atoms with Gasteiger partial charge in [0.2, 0.25) is 0 Å². The minimum atomic E-state index is -2.24. The van der Waals surface area contributed by atoms with E-state index in [1.54, 1.807) is 13.8 Å². The molecule has 0 aliphatic heterocycles. The lowest BCUT2D eigenvalue weighted by Crippen LogP contribution is -2.44. The van der Waals surface area contributed by atoms with Crippen molar-refractivity contribution in [1.82, 2.24) is 5.32 Å². The summed E-state index contributed by atoms with van der Waals surface area (Å²) in [4.78, 5) is 46.1. The number of aliphatic carboxylic acids is 1. The van der Waals surface area contributed by atoms with Gasteiger partial charge in [-0.2, -0.15) is 0 Å². The third-order valence-corrected chi connectivity index (χ3v) is 3.95. The fourth-order valence-corrected chi connectivity index (χ4v) is 2.45. The van der Waals surface area contributed by atoms with E-state index in [9.17, 15) is 23.6 Å². The number of rotatable bonds is 9. The van der Waals surface area contributed by atoms with Crippen molar-refractivity contribution >= 4 is 52.6 Å². The SMILES string of the molecule is CC(C)[C@H](OC(=O)Nc1ccc(Cl)cc1Cl)C(=O)NCC(=O)C(F)CC(=O)O. The number of anilines is 1. The lowest BCUT2D eigenvalue weighted by Gasteiger charge is -2.21. The van der Waals surface area contributed by atoms with Crippen molar-refractivity contribution in [1.29, 1.82) is 0 Å². The second kappa shape index (κ2) is 10.8. The second-order valence-corrected chi connectivity index (χ2v) is 6.91. The fourth-order valence-electron chi connectivity index (χ4n) is 1.99. The Bertz CT molecular complexity index is 759. The van der Waals surface area contributed by atoms with E-state index in [4.69, 9.17) is 33.0 Å². The molecular weight excluding hydrogens is 418 g/mol. The van der Waals surface area contributed by atoms with Gasteiger partial charge < -0.3 is 15.2 Å². The summed E-state index contributed by atoms with van der Waals surface area (Å²) in [5.41, 5.74) is 0.211. The summed E-state index contributed by atoms with van der Waals surface area (Å²) in [5.74, 6) is -3.88. The minimum Gasteiger partial charge on any atom is -0.481 e. The number of carbonyl (C=O) groups excluding carboxylic acids is 3. The molecule has 0 aliphatic carbocycles. The van der Waals surface area contributed by atoms with Gasteiger partial charge in [0.25, 0.3) is 5.91 Å². The molecule has 11 heteroatoms. The highest BCUT2D eigenvalue weighted by Crippen LogP contribution is 2.25. The Labute approximate surface area is 170 Å². The van der Waals surface area contributed by atoms with Gasteiger partial charge in [-0.25, -0.2) is 9.18 Å². The lowest BCUT2D eigenvalue weighted by atomic mass is 10.1. The summed E-state index contributed by atoms with van der Waals surface area (Å²) >= 11 is 11.7. The Morgan fingerprint density at radius 2 is 1.86 bits per heavy atom. The molecule has 1 rings (SSSR count). The number of ether oxygens (including phenoxy) is 1. The number of carboxylic acids is 1. The van der Waals surface area contributed by atoms with Gasteiger partial charge in [0.05, 0.1) is 23.7 Å². The van der Waals surface area contributed by atoms with Crippen molar-refractivity contribution in [2.24, 2.45) is 5.92 Å². The van der Waals surface area contributed by atoms with Crippen LogP contribution < -0.4 is 10.6 Å². The molecule has 0 heterocycles. The van der Waals surface area contributed by atoms with Crippen LogP contribution in [0.15, 0.2) is 18.2 Å². The summed E-state index contributed by atoms with van der Waals surface area (Å²) in [6.45, 7) is 2.46. The normalized spacial score (nSPS) is 12.8. The molecule has 0 aromatic heterocycles. The van der Waals surface area contributed by atoms with Crippen molar-refractivity contribution < 1.29 is 33.4 Å². The molecule has 0 spiro atoms. The number of carbonyl (C=O) groups is 4. The molecule has 154 valence electrons. The standard InChI is InChI=1S/C17H19Cl2FN2O6/c1-8(2)15(16(26)21-7-13(23)11(20)6-14(24)25)28-17(27)22-12-4-3-9(18)5-10(12)19/h3-5,8,11,15H,6-7H2,1-2H3,(H,21,26)(H,22,27)(H,24,25)/t11?,15-/m0/s1. The first-order chi connectivity index (χ1) is 13.0. The summed E-state index contributed by atoms with van der Waals surface area (Å²) in [6, 6.07) is 4.34. The van der Waals surface area contributed by atoms with Gasteiger partial charge >= 0.3 is 12.1 Å². The van der Waals surface area contributed by atoms with Crippen molar-refractivity contribution in [3.8, 4) is 0 Å². The largest absolute Gasteiger partial charge is 0.481 e. The number of nitrogens with one attached hydrogen (secondary N) is 2. The van der Waals surface area contributed by atoms with E-state index < -0.39 is 54.9 Å². The minimum absolute atomic E-state index is 0.160. The number of halogens is 3. The van der Waals surface area contributed by atoms with Crippen LogP contribution >= 0.6 is 23.2 Å². The van der Waals surface area contributed by atoms with Crippen LogP contribution in [0.2, 0.25) is 10.0 Å². The molecule has 0 saturated heterocycles. The number of ketones is 1. The van der Waals surface area contributed by atoms with Gasteiger partial charge in [-0.15, -0.1) is 0 Å². The van der Waals surface area contributed by atoms with Crippen LogP contribution in [0.1, 0.15) is 20.3 Å². The van der Waals surface area contributed by atoms with E-state index in [1.807, 2.05) is 0 Å². The molecule has 0 saturated carbocycles. The molecule has 1 aromatic carbocycles. The van der Waals surface area contributed by atoms with E-state index in [2.05, 4.69) is 10.6 Å². The Hall–Kier alpha value is -2.39. The predicted molar refractivity (Wildman–Crippen MR) is 100 cm³/mol. The smallest absolute Gasteiger partial charge is 0.412 e. The highest BCUT2D eigenvalue weighted by molar-refractivity contribution is 6.36. The topological polar surface area (TPSA) is 122 Å². The molecule has 0 aliphatic rings. The maximum absolute atomic E-state index is 13.4. The van der Waals surface area contributed by atoms with Crippen LogP contribution in [0.4, 0.5) is 14.9 Å². The molecule has 0 bridgehead atoms. The Balaban J connectivity index is 2.66. The predicted octanol–water partition coefficient (Wildman–Crippen LogP) is 3.06. The Kier molecular flexibility index (Phi) is 9.14. The van der Waals surface area contributed by atoms with Crippen LogP contribution in [-0.4, -0.2) is 47.7 Å². The van der Waals surface area contributed by atoms with E-state index in [-0.39, 0.29) is 10.7 Å². The van der Waals surface area contributed by atoms with Gasteiger partial charge in [0.1, 0.15) is 0 Å². The lowest BCUT2D eigenvalue weighted by molar-refractivity contribution is -0.141. The molecule has 8 nitrogen and oxygen atoms in total. The molecule has 2 atom stereocenters. The summed E-state index contributed by atoms with van der Waals surface area (Å²) < 4.78 is 18.4. The van der Waals surface area contributed by atoms with Crippen molar-refractivity contribution in [3.63, 3.8) is 0 Å². The van der Waals surface area contributed by atoms with Crippen LogP contribution in [0.25, 0.3) is 0 Å². The van der Waals surface area contributed by atoms with Gasteiger partial charge in [0.15, 0.2) is 18.1 Å². The Morgan fingerprint density at radius 3 is 2.39 bits per heavy atom. The van der Waals surface area contributed by atoms with Crippen LogP contribution in [-0.2, 0) is 19.1 Å². The van der Waals surface area contributed by atoms with Gasteiger partial charge in [-0.3, -0.25) is 19.7 Å². The zero-order valence-electron chi connectivity index (χ0n) is 15.0. The molecule has 3 N–H and O–H groups in total. The molecule has 28 heavy (non-hydrogen) atoms. The second-order valence-electron chi connectivity index (χ2n) is 6.07. The van der Waals surface area contributed by atoms with Gasteiger partial charge in [0, 0.05) is 5.02 Å². The third kappa shape index (κ3) is 7.69. The molecule has 0 fully saturated rings.